The van der Waals surface area contributed by atoms with Crippen molar-refractivity contribution >= 4 is 23.2 Å². The molecule has 1 amide bonds. The third kappa shape index (κ3) is 4.30. The minimum atomic E-state index is -0.192. The van der Waals surface area contributed by atoms with Crippen LogP contribution in [0.5, 0.6) is 0 Å². The number of nitrogens with one attached hydrogen (secondary N) is 1. The highest BCUT2D eigenvalue weighted by Crippen LogP contribution is 2.17. The van der Waals surface area contributed by atoms with Crippen LogP contribution in [0.2, 0.25) is 5.15 Å². The molecule has 94 valence electrons. The molecule has 0 aliphatic heterocycles. The van der Waals surface area contributed by atoms with Gasteiger partial charge in [-0.1, -0.05) is 11.6 Å². The lowest BCUT2D eigenvalue weighted by Crippen LogP contribution is -2.38. The second kappa shape index (κ2) is 6.54. The van der Waals surface area contributed by atoms with Crippen molar-refractivity contribution in [3.63, 3.8) is 0 Å². The first kappa shape index (κ1) is 13.9. The Bertz CT molecular complexity index is 387. The third-order valence-electron chi connectivity index (χ3n) is 2.44. The molecule has 0 fully saturated rings. The van der Waals surface area contributed by atoms with E-state index in [4.69, 9.17) is 16.7 Å². The number of hydrogen-bond donors (Lipinski definition) is 2. The van der Waals surface area contributed by atoms with Crippen LogP contribution in [-0.2, 0) is 4.79 Å². The average molecular weight is 258 g/mol. The molecule has 2 N–H and O–H groups in total. The van der Waals surface area contributed by atoms with Crippen molar-refractivity contribution in [1.82, 2.24) is 9.88 Å². The number of aromatic nitrogens is 1. The Morgan fingerprint density at radius 1 is 1.71 bits per heavy atom. The molecule has 0 bridgehead atoms. The van der Waals surface area contributed by atoms with Gasteiger partial charge in [0.15, 0.2) is 5.15 Å². The first-order valence-corrected chi connectivity index (χ1v) is 5.64. The summed E-state index contributed by atoms with van der Waals surface area (Å²) in [6.45, 7) is 2.04. The molecule has 0 saturated carbocycles. The minimum Gasteiger partial charge on any atom is -0.395 e. The van der Waals surface area contributed by atoms with Gasteiger partial charge < -0.3 is 10.4 Å². The molecule has 5 nitrogen and oxygen atoms in total. The SMILES string of the molecule is CC(CO)N(C)CC(=O)Nc1cccnc1Cl. The van der Waals surface area contributed by atoms with Crippen LogP contribution < -0.4 is 5.32 Å². The van der Waals surface area contributed by atoms with Gasteiger partial charge in [0.1, 0.15) is 0 Å². The topological polar surface area (TPSA) is 65.5 Å². The fourth-order valence-electron chi connectivity index (χ4n) is 1.19. The second-order valence-electron chi connectivity index (χ2n) is 3.84. The van der Waals surface area contributed by atoms with E-state index >= 15 is 0 Å². The molecular formula is C11H16ClN3O2. The van der Waals surface area contributed by atoms with E-state index in [0.717, 1.165) is 0 Å². The van der Waals surface area contributed by atoms with Gasteiger partial charge in [0.2, 0.25) is 5.91 Å². The number of aliphatic hydroxyl groups excluding tert-OH is 1. The van der Waals surface area contributed by atoms with E-state index in [9.17, 15) is 4.79 Å². The zero-order chi connectivity index (χ0) is 12.8. The Hall–Kier alpha value is -1.17. The average Bonchev–Trinajstić information content (AvgIpc) is 2.31. The van der Waals surface area contributed by atoms with Crippen molar-refractivity contribution in [2.24, 2.45) is 0 Å². The molecule has 0 aromatic carbocycles. The van der Waals surface area contributed by atoms with Gasteiger partial charge in [-0.15, -0.1) is 0 Å². The molecule has 6 heteroatoms. The number of halogens is 1. The Kier molecular flexibility index (Phi) is 5.34. The van der Waals surface area contributed by atoms with Gasteiger partial charge in [-0.25, -0.2) is 4.98 Å². The van der Waals surface area contributed by atoms with Crippen LogP contribution in [0.1, 0.15) is 6.92 Å². The molecule has 1 unspecified atom stereocenters. The molecule has 1 rings (SSSR count). The van der Waals surface area contributed by atoms with Crippen molar-refractivity contribution in [3.8, 4) is 0 Å². The smallest absolute Gasteiger partial charge is 0.238 e. The summed E-state index contributed by atoms with van der Waals surface area (Å²) in [7, 11) is 1.77. The molecular weight excluding hydrogens is 242 g/mol. The predicted molar refractivity (Wildman–Crippen MR) is 67.1 cm³/mol. The number of anilines is 1. The van der Waals surface area contributed by atoms with Crippen molar-refractivity contribution in [3.05, 3.63) is 23.5 Å². The van der Waals surface area contributed by atoms with Crippen LogP contribution in [-0.4, -0.2) is 47.1 Å². The molecule has 1 aromatic rings. The number of pyridine rings is 1. The first-order valence-electron chi connectivity index (χ1n) is 5.26. The molecule has 0 aliphatic carbocycles. The number of carbonyl (C=O) groups is 1. The lowest BCUT2D eigenvalue weighted by atomic mass is 10.3. The summed E-state index contributed by atoms with van der Waals surface area (Å²) in [5, 5.41) is 11.9. The van der Waals surface area contributed by atoms with Crippen LogP contribution in [0, 0.1) is 0 Å². The third-order valence-corrected chi connectivity index (χ3v) is 2.74. The Morgan fingerprint density at radius 2 is 2.41 bits per heavy atom. The van der Waals surface area contributed by atoms with E-state index in [-0.39, 0.29) is 30.3 Å². The van der Waals surface area contributed by atoms with Crippen molar-refractivity contribution in [2.75, 3.05) is 25.5 Å². The summed E-state index contributed by atoms with van der Waals surface area (Å²) >= 11 is 5.82. The van der Waals surface area contributed by atoms with E-state index in [1.54, 1.807) is 30.3 Å². The number of rotatable bonds is 5. The summed E-state index contributed by atoms with van der Waals surface area (Å²) in [5.41, 5.74) is 0.490. The zero-order valence-electron chi connectivity index (χ0n) is 9.85. The summed E-state index contributed by atoms with van der Waals surface area (Å²) in [4.78, 5) is 17.3. The monoisotopic (exact) mass is 257 g/mol. The number of likely N-dealkylation sites (N-methyl/N-ethyl adjacent to an activating group) is 1. The van der Waals surface area contributed by atoms with Gasteiger partial charge in [-0.2, -0.15) is 0 Å². The lowest BCUT2D eigenvalue weighted by Gasteiger charge is -2.21. The number of amides is 1. The Balaban J connectivity index is 2.53. The summed E-state index contributed by atoms with van der Waals surface area (Å²) in [6, 6.07) is 3.31. The second-order valence-corrected chi connectivity index (χ2v) is 4.19. The van der Waals surface area contributed by atoms with E-state index in [2.05, 4.69) is 10.3 Å². The van der Waals surface area contributed by atoms with Crippen LogP contribution in [0.15, 0.2) is 18.3 Å². The fraction of sp³-hybridized carbons (Fsp3) is 0.455. The van der Waals surface area contributed by atoms with Gasteiger partial charge in [0, 0.05) is 12.2 Å². The van der Waals surface area contributed by atoms with Crippen LogP contribution >= 0.6 is 11.6 Å². The maximum atomic E-state index is 11.7. The first-order chi connectivity index (χ1) is 8.04. The number of carbonyl (C=O) groups excluding carboxylic acids is 1. The summed E-state index contributed by atoms with van der Waals surface area (Å²) in [6.07, 6.45) is 1.55. The van der Waals surface area contributed by atoms with Gasteiger partial charge in [0.05, 0.1) is 18.8 Å². The number of nitrogens with zero attached hydrogens (tertiary/aromatic N) is 2. The molecule has 17 heavy (non-hydrogen) atoms. The van der Waals surface area contributed by atoms with Crippen LogP contribution in [0.4, 0.5) is 5.69 Å². The van der Waals surface area contributed by atoms with E-state index in [1.165, 1.54) is 0 Å². The van der Waals surface area contributed by atoms with E-state index < -0.39 is 0 Å². The number of hydrogen-bond acceptors (Lipinski definition) is 4. The fourth-order valence-corrected chi connectivity index (χ4v) is 1.36. The van der Waals surface area contributed by atoms with E-state index in [0.29, 0.717) is 5.69 Å². The molecule has 0 aliphatic rings. The summed E-state index contributed by atoms with van der Waals surface area (Å²) < 4.78 is 0. The maximum absolute atomic E-state index is 11.7. The van der Waals surface area contributed by atoms with Gasteiger partial charge >= 0.3 is 0 Å². The van der Waals surface area contributed by atoms with E-state index in [1.807, 2.05) is 6.92 Å². The molecule has 1 atom stereocenters. The highest BCUT2D eigenvalue weighted by molar-refractivity contribution is 6.32. The quantitative estimate of drug-likeness (QED) is 0.772. The molecule has 0 radical (unpaired) electrons. The summed E-state index contributed by atoms with van der Waals surface area (Å²) in [5.74, 6) is -0.192. The molecule has 0 saturated heterocycles. The normalized spacial score (nSPS) is 12.5. The Morgan fingerprint density at radius 3 is 3.00 bits per heavy atom. The van der Waals surface area contributed by atoms with Gasteiger partial charge in [-0.05, 0) is 26.1 Å². The molecule has 1 aromatic heterocycles. The van der Waals surface area contributed by atoms with Crippen molar-refractivity contribution in [1.29, 1.82) is 0 Å². The van der Waals surface area contributed by atoms with Crippen molar-refractivity contribution < 1.29 is 9.90 Å². The highest BCUT2D eigenvalue weighted by Gasteiger charge is 2.13. The lowest BCUT2D eigenvalue weighted by molar-refractivity contribution is -0.117. The van der Waals surface area contributed by atoms with Gasteiger partial charge in [0.25, 0.3) is 0 Å². The van der Waals surface area contributed by atoms with Gasteiger partial charge in [-0.3, -0.25) is 9.69 Å². The zero-order valence-corrected chi connectivity index (χ0v) is 10.6. The minimum absolute atomic E-state index is 0.0113. The largest absolute Gasteiger partial charge is 0.395 e. The molecule has 1 heterocycles. The standard InChI is InChI=1S/C11H16ClN3O2/c1-8(7-16)15(2)6-10(17)14-9-4-3-5-13-11(9)12/h3-5,8,16H,6-7H2,1-2H3,(H,14,17). The predicted octanol–water partition coefficient (Wildman–Crippen LogP) is 0.986. The van der Waals surface area contributed by atoms with Crippen molar-refractivity contribution in [2.45, 2.75) is 13.0 Å². The highest BCUT2D eigenvalue weighted by atomic mass is 35.5. The molecule has 0 spiro atoms. The van der Waals surface area contributed by atoms with Crippen LogP contribution in [0.25, 0.3) is 0 Å². The maximum Gasteiger partial charge on any atom is 0.238 e. The number of aliphatic hydroxyl groups is 1. The Labute approximate surface area is 105 Å². The van der Waals surface area contributed by atoms with Crippen LogP contribution in [0.3, 0.4) is 0 Å².